The van der Waals surface area contributed by atoms with Gasteiger partial charge < -0.3 is 39.2 Å². The monoisotopic (exact) mass is 2290 g/mol. The molecule has 16 nitrogen and oxygen atoms in total. The Morgan fingerprint density at radius 1 is 0.329 bits per heavy atom. The Hall–Kier alpha value is -13.0. The summed E-state index contributed by atoms with van der Waals surface area (Å²) < 4.78 is 80.5. The third kappa shape index (κ3) is 34.0. The van der Waals surface area contributed by atoms with Crippen LogP contribution < -0.4 is 78.6 Å². The van der Waals surface area contributed by atoms with Crippen molar-refractivity contribution in [2.24, 2.45) is 0 Å². The van der Waals surface area contributed by atoms with E-state index in [0.717, 1.165) is 56.6 Å². The van der Waals surface area contributed by atoms with Crippen LogP contribution in [0.15, 0.2) is 449 Å². The van der Waals surface area contributed by atoms with Gasteiger partial charge in [-0.2, -0.15) is 20.2 Å². The second-order valence-electron chi connectivity index (χ2n) is 36.2. The van der Waals surface area contributed by atoms with E-state index >= 15 is 0 Å². The molecule has 16 aromatic carbocycles. The van der Waals surface area contributed by atoms with E-state index < -0.39 is 78.2 Å². The molecule has 0 atom stereocenters. The number of halogens is 5. The van der Waals surface area contributed by atoms with Crippen molar-refractivity contribution in [1.29, 1.82) is 0 Å². The van der Waals surface area contributed by atoms with Crippen molar-refractivity contribution < 1.29 is 77.2 Å². The maximum Gasteiger partial charge on any atom is 0.488 e. The van der Waals surface area contributed by atoms with Crippen LogP contribution in [0.5, 0.6) is 35.0 Å². The van der Waals surface area contributed by atoms with E-state index in [9.17, 15) is 22.7 Å². The van der Waals surface area contributed by atoms with Crippen molar-refractivity contribution in [1.82, 2.24) is 39.5 Å². The Balaban J connectivity index is 0.000000148. The number of fused-ring (bicyclic) bond motifs is 2. The van der Waals surface area contributed by atoms with Crippen molar-refractivity contribution in [3.63, 3.8) is 0 Å². The second kappa shape index (κ2) is 57.1. The van der Waals surface area contributed by atoms with Gasteiger partial charge in [-0.25, -0.2) is 36.9 Å². The quantitative estimate of drug-likeness (QED) is 0.0118. The molecule has 0 saturated heterocycles. The third-order valence-electron chi connectivity index (χ3n) is 22.7. The molecule has 0 unspecified atom stereocenters. The molecule has 0 amide bonds. The molecule has 0 bridgehead atoms. The number of rotatable bonds is 28. The number of ether oxygens (including phenoxy) is 4. The molecule has 20 aromatic rings. The number of hydrogen-bond donors (Lipinski definition) is 4. The summed E-state index contributed by atoms with van der Waals surface area (Å²) in [6.45, 7) is 18.9. The molecule has 0 spiro atoms. The van der Waals surface area contributed by atoms with E-state index in [0.29, 0.717) is 46.6 Å². The Kier molecular flexibility index (Phi) is 43.4. The van der Waals surface area contributed by atoms with Crippen molar-refractivity contribution in [3.05, 3.63) is 487 Å². The predicted molar refractivity (Wildman–Crippen MR) is 620 cm³/mol. The smallest absolute Gasteiger partial charge is 0.488 e. The Labute approximate surface area is 903 Å². The SMILES string of the molecule is C[Si](C)(C)CCOCn1nc(I)c2cnc(Oc3ccc(F)cc3F)nc21.Cc1cc(O)ccc1-c1nn(COCC[Si](C)(C)C)c2nc(Oc3ccc(F)cc3F)ncc12.Cc1cc(O)ccc1B(O)O.[Pd].c1ccc(P(c2ccccc2)c2ccccc2)cc1.c1ccc(P(c2ccccc2)c2ccccc2)cc1.c1ccc(P(c2ccccc2)c2ccccc2)cc1.c1ccc(P(c2ccccc2)c2ccccc2)cc1. The summed E-state index contributed by atoms with van der Waals surface area (Å²) in [5.74, 6) is -3.11. The minimum absolute atomic E-state index is 0. The molecule has 4 heterocycles. The van der Waals surface area contributed by atoms with Gasteiger partial charge in [-0.1, -0.05) is 409 Å². The van der Waals surface area contributed by atoms with Crippen LogP contribution >= 0.6 is 54.3 Å². The molecule has 0 saturated carbocycles. The van der Waals surface area contributed by atoms with Gasteiger partial charge in [-0.15, -0.1) is 0 Å². The zero-order valence-corrected chi connectivity index (χ0v) is 92.8. The molecule has 0 fully saturated rings. The number of benzene rings is 16. The topological polar surface area (TPSA) is 205 Å². The fourth-order valence-electron chi connectivity index (χ4n) is 15.3. The number of nitrogens with zero attached hydrogens (tertiary/aromatic N) is 8. The zero-order valence-electron chi connectivity index (χ0n) is 83.5. The van der Waals surface area contributed by atoms with Gasteiger partial charge in [0, 0.05) is 79.9 Å². The van der Waals surface area contributed by atoms with Crippen LogP contribution in [0.3, 0.4) is 0 Å². The van der Waals surface area contributed by atoms with Gasteiger partial charge in [0.05, 0.1) is 10.8 Å². The summed E-state index contributed by atoms with van der Waals surface area (Å²) >= 11 is 2.09. The largest absolute Gasteiger partial charge is 0.508 e. The molecular formula is C120H114BF4IN8O8P4PdSi2. The van der Waals surface area contributed by atoms with E-state index in [4.69, 9.17) is 39.2 Å². The van der Waals surface area contributed by atoms with Gasteiger partial charge in [0.15, 0.2) is 34.4 Å². The van der Waals surface area contributed by atoms with Crippen LogP contribution in [0.2, 0.25) is 51.4 Å². The molecule has 149 heavy (non-hydrogen) atoms. The van der Waals surface area contributed by atoms with Gasteiger partial charge in [0.1, 0.15) is 46.0 Å². The number of aryl methyl sites for hydroxylation is 2. The van der Waals surface area contributed by atoms with Crippen LogP contribution in [-0.2, 0) is 43.4 Å². The summed E-state index contributed by atoms with van der Waals surface area (Å²) in [6, 6.07) is 147. The summed E-state index contributed by atoms with van der Waals surface area (Å²) in [4.78, 5) is 17.0. The normalized spacial score (nSPS) is 11.0. The first-order valence-electron chi connectivity index (χ1n) is 48.1. The van der Waals surface area contributed by atoms with Crippen LogP contribution in [0.1, 0.15) is 11.1 Å². The zero-order chi connectivity index (χ0) is 104. The molecule has 4 N–H and O–H groups in total. The van der Waals surface area contributed by atoms with E-state index in [2.05, 4.69) is 451 Å². The van der Waals surface area contributed by atoms with Crippen molar-refractivity contribution >= 4 is 169 Å². The minimum Gasteiger partial charge on any atom is -0.508 e. The van der Waals surface area contributed by atoms with Crippen molar-refractivity contribution in [2.45, 2.75) is 78.7 Å². The first-order chi connectivity index (χ1) is 71.7. The van der Waals surface area contributed by atoms with Crippen LogP contribution in [-0.4, -0.2) is 96.2 Å². The average Bonchev–Trinajstić information content (AvgIpc) is 1.61. The first kappa shape index (κ1) is 113. The Morgan fingerprint density at radius 2 is 0.591 bits per heavy atom. The average molecular weight is 2300 g/mol. The molecule has 758 valence electrons. The van der Waals surface area contributed by atoms with Gasteiger partial charge in [-0.3, -0.25) is 0 Å². The number of aromatic hydroxyl groups is 2. The predicted octanol–water partition coefficient (Wildman–Crippen LogP) is 23.9. The third-order valence-corrected chi connectivity index (χ3v) is 36.6. The number of phenolic OH excluding ortho intramolecular Hbond substituents is 2. The van der Waals surface area contributed by atoms with Crippen molar-refractivity contribution in [2.75, 3.05) is 13.2 Å². The molecule has 0 radical (unpaired) electrons. The second-order valence-corrected chi connectivity index (χ2v) is 57.4. The Morgan fingerprint density at radius 3 is 0.852 bits per heavy atom. The fraction of sp³-hybridized carbons (Fsp3) is 0.117. The van der Waals surface area contributed by atoms with E-state index in [-0.39, 0.29) is 68.9 Å². The van der Waals surface area contributed by atoms with Gasteiger partial charge in [0.25, 0.3) is 0 Å². The van der Waals surface area contributed by atoms with Crippen molar-refractivity contribution in [3.8, 4) is 46.3 Å². The van der Waals surface area contributed by atoms with E-state index in [1.54, 1.807) is 46.9 Å². The van der Waals surface area contributed by atoms with Crippen LogP contribution in [0.4, 0.5) is 17.6 Å². The molecular weight excluding hydrogens is 2180 g/mol. The fourth-order valence-corrected chi connectivity index (χ4v) is 26.7. The van der Waals surface area contributed by atoms with Crippen LogP contribution in [0.25, 0.3) is 33.3 Å². The van der Waals surface area contributed by atoms with Crippen LogP contribution in [0, 0.1) is 40.8 Å². The number of phenols is 2. The number of hydrogen-bond acceptors (Lipinski definition) is 14. The Bertz CT molecular complexity index is 6660. The molecule has 0 aliphatic heterocycles. The summed E-state index contributed by atoms with van der Waals surface area (Å²) in [5.41, 5.74) is 4.33. The van der Waals surface area contributed by atoms with E-state index in [1.807, 2.05) is 6.92 Å². The minimum atomic E-state index is -1.46. The molecule has 0 aliphatic carbocycles. The molecule has 4 aromatic heterocycles. The standard InChI is InChI=1S/C24H26F2N4O3Si.4C18H15P.C17H19F2IN4O2Si.C7H9BO3.Pd/c1-15-11-17(31)6-7-18(15)22-19-13-27-24(33-21-8-5-16(25)12-20(21)26)28-23(19)30(29-22)14-32-9-10-34(2,3)4;4*1-4-10-16(11-5-1)19(17-12-6-2-7-13-17)18-14-8-3-9-15-18;1-27(2,3)7-6-25-10-24-16-12(15(20)23-24)9-21-17(22-16)26-14-5-4-11(18)8-13(14)19;1-5-4-6(9)2-3-7(5)8(10)11;/h5-8,11-13,31H,9-10,14H2,1-4H3;4*1-15H;4-5,8-9H,6-7,10H2,1-3H3;2-4,9-11H,1H3;. The maximum atomic E-state index is 14.1. The maximum absolute atomic E-state index is 14.1. The van der Waals surface area contributed by atoms with Gasteiger partial charge in [0.2, 0.25) is 0 Å². The first-order valence-corrected chi connectivity index (χ1v) is 61.9. The molecule has 20 rings (SSSR count). The summed E-state index contributed by atoms with van der Waals surface area (Å²) in [5, 5.41) is 63.6. The van der Waals surface area contributed by atoms with Gasteiger partial charge in [-0.05, 0) is 215 Å². The van der Waals surface area contributed by atoms with Gasteiger partial charge >= 0.3 is 19.1 Å². The number of aromatic nitrogens is 8. The van der Waals surface area contributed by atoms with E-state index in [1.165, 1.54) is 94.0 Å². The summed E-state index contributed by atoms with van der Waals surface area (Å²) in [7, 11) is -5.67. The summed E-state index contributed by atoms with van der Waals surface area (Å²) in [6.07, 6.45) is 3.11. The molecule has 0 aliphatic rings. The molecule has 29 heteroatoms.